The molecule has 2 nitrogen and oxygen atoms in total. The van der Waals surface area contributed by atoms with E-state index in [-0.39, 0.29) is 6.04 Å². The lowest BCUT2D eigenvalue weighted by atomic mass is 9.87. The molecule has 1 saturated carbocycles. The third-order valence-electron chi connectivity index (χ3n) is 4.47. The van der Waals surface area contributed by atoms with Crippen LogP contribution in [0.1, 0.15) is 50.1 Å². The maximum atomic E-state index is 6.57. The predicted octanol–water partition coefficient (Wildman–Crippen LogP) is 4.21. The van der Waals surface area contributed by atoms with Crippen molar-refractivity contribution >= 4 is 10.8 Å². The summed E-state index contributed by atoms with van der Waals surface area (Å²) in [5.74, 6) is 0.620. The van der Waals surface area contributed by atoms with E-state index < -0.39 is 0 Å². The van der Waals surface area contributed by atoms with Crippen LogP contribution in [0.15, 0.2) is 36.7 Å². The van der Waals surface area contributed by atoms with Crippen LogP contribution in [0.4, 0.5) is 0 Å². The van der Waals surface area contributed by atoms with Crippen LogP contribution in [0.5, 0.6) is 0 Å². The second-order valence-corrected chi connectivity index (χ2v) is 5.73. The third kappa shape index (κ3) is 2.64. The van der Waals surface area contributed by atoms with Gasteiger partial charge in [0, 0.05) is 23.8 Å². The average Bonchev–Trinajstić information content (AvgIpc) is 2.75. The van der Waals surface area contributed by atoms with Gasteiger partial charge in [-0.05, 0) is 29.7 Å². The fraction of sp³-hybridized carbons (Fsp3) is 0.471. The highest BCUT2D eigenvalue weighted by atomic mass is 14.7. The van der Waals surface area contributed by atoms with Crippen LogP contribution in [0, 0.1) is 5.92 Å². The lowest BCUT2D eigenvalue weighted by molar-refractivity contribution is 0.383. The lowest BCUT2D eigenvalue weighted by Gasteiger charge is -2.23. The molecule has 19 heavy (non-hydrogen) atoms. The standard InChI is InChI=1S/C17H22N2/c18-17(13-7-3-1-2-4-8-13)16-12-19-11-14-9-5-6-10-15(14)16/h5-6,9-13,17H,1-4,7-8,18H2. The Balaban J connectivity index is 1.94. The van der Waals surface area contributed by atoms with Gasteiger partial charge in [-0.25, -0.2) is 0 Å². The summed E-state index contributed by atoms with van der Waals surface area (Å²) in [6, 6.07) is 8.57. The molecular weight excluding hydrogens is 232 g/mol. The van der Waals surface area contributed by atoms with Crippen molar-refractivity contribution in [2.75, 3.05) is 0 Å². The first kappa shape index (κ1) is 12.6. The molecule has 1 fully saturated rings. The third-order valence-corrected chi connectivity index (χ3v) is 4.47. The summed E-state index contributed by atoms with van der Waals surface area (Å²) < 4.78 is 0. The number of nitrogens with two attached hydrogens (primary N) is 1. The highest BCUT2D eigenvalue weighted by Gasteiger charge is 2.22. The van der Waals surface area contributed by atoms with Crippen LogP contribution in [0.3, 0.4) is 0 Å². The van der Waals surface area contributed by atoms with Crippen LogP contribution < -0.4 is 5.73 Å². The van der Waals surface area contributed by atoms with Gasteiger partial charge in [0.25, 0.3) is 0 Å². The van der Waals surface area contributed by atoms with Crippen LogP contribution in [0.2, 0.25) is 0 Å². The zero-order valence-corrected chi connectivity index (χ0v) is 11.4. The molecule has 2 heteroatoms. The van der Waals surface area contributed by atoms with E-state index in [1.807, 2.05) is 12.4 Å². The van der Waals surface area contributed by atoms with Gasteiger partial charge in [-0.2, -0.15) is 0 Å². The van der Waals surface area contributed by atoms with Crippen LogP contribution >= 0.6 is 0 Å². The number of hydrogen-bond donors (Lipinski definition) is 1. The summed E-state index contributed by atoms with van der Waals surface area (Å²) in [5.41, 5.74) is 7.79. The number of hydrogen-bond acceptors (Lipinski definition) is 2. The SMILES string of the molecule is NC(c1cncc2ccccc12)C1CCCCCC1. The van der Waals surface area contributed by atoms with Gasteiger partial charge in [-0.15, -0.1) is 0 Å². The zero-order chi connectivity index (χ0) is 13.1. The van der Waals surface area contributed by atoms with Gasteiger partial charge in [-0.1, -0.05) is 49.9 Å². The van der Waals surface area contributed by atoms with Gasteiger partial charge in [0.05, 0.1) is 0 Å². The summed E-state index contributed by atoms with van der Waals surface area (Å²) in [6.45, 7) is 0. The summed E-state index contributed by atoms with van der Waals surface area (Å²) >= 11 is 0. The number of nitrogens with zero attached hydrogens (tertiary/aromatic N) is 1. The van der Waals surface area contributed by atoms with Crippen LogP contribution in [-0.2, 0) is 0 Å². The molecule has 0 aliphatic heterocycles. The summed E-state index contributed by atoms with van der Waals surface area (Å²) in [6.07, 6.45) is 11.8. The van der Waals surface area contributed by atoms with Crippen molar-refractivity contribution in [2.24, 2.45) is 11.7 Å². The van der Waals surface area contributed by atoms with Crippen LogP contribution in [-0.4, -0.2) is 4.98 Å². The van der Waals surface area contributed by atoms with E-state index in [4.69, 9.17) is 5.73 Å². The molecular formula is C17H22N2. The molecule has 1 aromatic heterocycles. The smallest absolute Gasteiger partial charge is 0.0346 e. The Morgan fingerprint density at radius 1 is 1.00 bits per heavy atom. The van der Waals surface area contributed by atoms with E-state index >= 15 is 0 Å². The lowest BCUT2D eigenvalue weighted by Crippen LogP contribution is -2.21. The van der Waals surface area contributed by atoms with Crippen molar-refractivity contribution < 1.29 is 0 Å². The molecule has 0 saturated heterocycles. The fourth-order valence-corrected chi connectivity index (χ4v) is 3.33. The molecule has 0 amide bonds. The molecule has 2 N–H and O–H groups in total. The molecule has 3 rings (SSSR count). The van der Waals surface area contributed by atoms with Crippen molar-refractivity contribution in [3.05, 3.63) is 42.2 Å². The molecule has 0 bridgehead atoms. The van der Waals surface area contributed by atoms with Gasteiger partial charge in [0.15, 0.2) is 0 Å². The van der Waals surface area contributed by atoms with Crippen molar-refractivity contribution in [3.63, 3.8) is 0 Å². The van der Waals surface area contributed by atoms with Crippen molar-refractivity contribution in [1.82, 2.24) is 4.98 Å². The minimum atomic E-state index is 0.136. The van der Waals surface area contributed by atoms with Crippen molar-refractivity contribution in [1.29, 1.82) is 0 Å². The molecule has 1 aliphatic carbocycles. The Labute approximate surface area is 115 Å². The highest BCUT2D eigenvalue weighted by Crippen LogP contribution is 2.34. The molecule has 2 aromatic rings. The monoisotopic (exact) mass is 254 g/mol. The largest absolute Gasteiger partial charge is 0.324 e. The zero-order valence-electron chi connectivity index (χ0n) is 11.4. The van der Waals surface area contributed by atoms with E-state index in [1.54, 1.807) is 0 Å². The van der Waals surface area contributed by atoms with Gasteiger partial charge >= 0.3 is 0 Å². The predicted molar refractivity (Wildman–Crippen MR) is 79.9 cm³/mol. The second kappa shape index (κ2) is 5.70. The maximum Gasteiger partial charge on any atom is 0.0346 e. The number of benzene rings is 1. The Morgan fingerprint density at radius 2 is 1.74 bits per heavy atom. The first-order chi connectivity index (χ1) is 9.36. The van der Waals surface area contributed by atoms with Crippen molar-refractivity contribution in [3.8, 4) is 0 Å². The van der Waals surface area contributed by atoms with E-state index in [9.17, 15) is 0 Å². The van der Waals surface area contributed by atoms with Gasteiger partial charge in [-0.3, -0.25) is 4.98 Å². The Kier molecular flexibility index (Phi) is 3.79. The summed E-state index contributed by atoms with van der Waals surface area (Å²) in [7, 11) is 0. The summed E-state index contributed by atoms with van der Waals surface area (Å²) in [5, 5.41) is 2.47. The molecule has 1 aromatic carbocycles. The van der Waals surface area contributed by atoms with Gasteiger partial charge in [0.2, 0.25) is 0 Å². The van der Waals surface area contributed by atoms with Crippen molar-refractivity contribution in [2.45, 2.75) is 44.6 Å². The topological polar surface area (TPSA) is 38.9 Å². The molecule has 1 unspecified atom stereocenters. The maximum absolute atomic E-state index is 6.57. The fourth-order valence-electron chi connectivity index (χ4n) is 3.33. The Hall–Kier alpha value is -1.41. The number of aromatic nitrogens is 1. The molecule has 0 spiro atoms. The highest BCUT2D eigenvalue weighted by molar-refractivity contribution is 5.85. The average molecular weight is 254 g/mol. The number of fused-ring (bicyclic) bond motifs is 1. The normalized spacial score (nSPS) is 19.2. The quantitative estimate of drug-likeness (QED) is 0.815. The molecule has 1 aliphatic rings. The molecule has 1 heterocycles. The Morgan fingerprint density at radius 3 is 2.53 bits per heavy atom. The molecule has 0 radical (unpaired) electrons. The summed E-state index contributed by atoms with van der Waals surface area (Å²) in [4.78, 5) is 4.37. The van der Waals surface area contributed by atoms with E-state index in [0.29, 0.717) is 5.92 Å². The first-order valence-electron chi connectivity index (χ1n) is 7.44. The molecule has 1 atom stereocenters. The Bertz CT molecular complexity index is 536. The minimum Gasteiger partial charge on any atom is -0.324 e. The first-order valence-corrected chi connectivity index (χ1v) is 7.44. The van der Waals surface area contributed by atoms with Gasteiger partial charge in [0.1, 0.15) is 0 Å². The number of pyridine rings is 1. The van der Waals surface area contributed by atoms with E-state index in [2.05, 4.69) is 29.2 Å². The number of rotatable bonds is 2. The second-order valence-electron chi connectivity index (χ2n) is 5.73. The van der Waals surface area contributed by atoms with Crippen LogP contribution in [0.25, 0.3) is 10.8 Å². The minimum absolute atomic E-state index is 0.136. The van der Waals surface area contributed by atoms with Gasteiger partial charge < -0.3 is 5.73 Å². The van der Waals surface area contributed by atoms with E-state index in [1.165, 1.54) is 54.9 Å². The molecule has 100 valence electrons. The van der Waals surface area contributed by atoms with E-state index in [0.717, 1.165) is 0 Å².